The van der Waals surface area contributed by atoms with Gasteiger partial charge in [-0.3, -0.25) is 29.1 Å². The van der Waals surface area contributed by atoms with Crippen molar-refractivity contribution >= 4 is 45.6 Å². The fraction of sp³-hybridized carbons (Fsp3) is 0.600. The van der Waals surface area contributed by atoms with Crippen molar-refractivity contribution in [1.82, 2.24) is 19.9 Å². The van der Waals surface area contributed by atoms with E-state index in [4.69, 9.17) is 19.4 Å². The Morgan fingerprint density at radius 3 is 2.02 bits per heavy atom. The zero-order valence-electron chi connectivity index (χ0n) is 41.5. The first kappa shape index (κ1) is 49.6. The molecule has 0 amide bonds. The van der Waals surface area contributed by atoms with Crippen LogP contribution >= 0.6 is 0 Å². The van der Waals surface area contributed by atoms with E-state index < -0.39 is 11.9 Å². The molecule has 0 saturated heterocycles. The van der Waals surface area contributed by atoms with E-state index >= 15 is 0 Å². The lowest BCUT2D eigenvalue weighted by Gasteiger charge is -2.18. The summed E-state index contributed by atoms with van der Waals surface area (Å²) in [5.41, 5.74) is 10.1. The lowest BCUT2D eigenvalue weighted by molar-refractivity contribution is -0.143. The molecule has 6 rings (SSSR count). The Bertz CT molecular complexity index is 2450. The maximum atomic E-state index is 14.4. The number of aromatic nitrogens is 4. The number of nitrogens with one attached hydrogen (secondary N) is 2. The lowest BCUT2D eigenvalue weighted by Crippen LogP contribution is -2.21. The minimum atomic E-state index is -1.21. The summed E-state index contributed by atoms with van der Waals surface area (Å²) in [5, 5.41) is 0. The Morgan fingerprint density at radius 2 is 1.37 bits per heavy atom. The summed E-state index contributed by atoms with van der Waals surface area (Å²) in [7, 11) is 1.30. The number of Topliss-reactive ketones (excluding diaryl/α,β-unsaturated/α-hetero) is 2. The molecule has 352 valence electrons. The molecule has 65 heavy (non-hydrogen) atoms. The highest BCUT2D eigenvalue weighted by molar-refractivity contribution is 6.23. The molecule has 3 aliphatic rings. The Hall–Kier alpha value is -4.86. The van der Waals surface area contributed by atoms with E-state index in [1.165, 1.54) is 57.6 Å². The van der Waals surface area contributed by atoms with Gasteiger partial charge in [-0.05, 0) is 107 Å². The molecule has 10 heteroatoms. The first-order chi connectivity index (χ1) is 30.9. The van der Waals surface area contributed by atoms with Crippen LogP contribution in [0.1, 0.15) is 229 Å². The number of nitrogens with zero attached hydrogens (tertiary/aromatic N) is 2. The molecule has 2 unspecified atom stereocenters. The van der Waals surface area contributed by atoms with Crippen molar-refractivity contribution in [3.8, 4) is 0 Å². The molecular formula is C55H76N4O6. The number of carbonyl (C=O) groups excluding carboxylic acids is 4. The van der Waals surface area contributed by atoms with Gasteiger partial charge in [-0.1, -0.05) is 99.0 Å². The first-order valence-electron chi connectivity index (χ1n) is 24.7. The molecule has 3 aromatic rings. The summed E-state index contributed by atoms with van der Waals surface area (Å²) in [6.45, 7) is 23.5. The van der Waals surface area contributed by atoms with E-state index in [9.17, 15) is 19.2 Å². The van der Waals surface area contributed by atoms with Gasteiger partial charge in [0.25, 0.3) is 0 Å². The van der Waals surface area contributed by atoms with Crippen LogP contribution in [0.5, 0.6) is 0 Å². The van der Waals surface area contributed by atoms with Crippen LogP contribution in [0.3, 0.4) is 0 Å². The van der Waals surface area contributed by atoms with E-state index in [2.05, 4.69) is 65.4 Å². The smallest absolute Gasteiger partial charge is 0.321 e. The quantitative estimate of drug-likeness (QED) is 0.0494. The van der Waals surface area contributed by atoms with Crippen LogP contribution in [0.15, 0.2) is 29.8 Å². The highest BCUT2D eigenvalue weighted by Crippen LogP contribution is 2.48. The summed E-state index contributed by atoms with van der Waals surface area (Å²) < 4.78 is 11.1. The summed E-state index contributed by atoms with van der Waals surface area (Å²) in [6.07, 6.45) is 14.6. The highest BCUT2D eigenvalue weighted by Gasteiger charge is 2.45. The van der Waals surface area contributed by atoms with Gasteiger partial charge in [-0.2, -0.15) is 0 Å². The summed E-state index contributed by atoms with van der Waals surface area (Å²) in [4.78, 5) is 72.1. The van der Waals surface area contributed by atoms with Gasteiger partial charge in [0.15, 0.2) is 11.6 Å². The van der Waals surface area contributed by atoms with Gasteiger partial charge in [-0.25, -0.2) is 0 Å². The third-order valence-corrected chi connectivity index (χ3v) is 14.9. The van der Waals surface area contributed by atoms with Gasteiger partial charge in [-0.15, -0.1) is 0 Å². The van der Waals surface area contributed by atoms with E-state index in [0.717, 1.165) is 70.3 Å². The zero-order valence-corrected chi connectivity index (χ0v) is 41.5. The number of H-pyrrole nitrogens is 2. The van der Waals surface area contributed by atoms with E-state index in [-0.39, 0.29) is 54.2 Å². The number of hydrogen-bond acceptors (Lipinski definition) is 8. The van der Waals surface area contributed by atoms with Gasteiger partial charge in [0, 0.05) is 74.9 Å². The Balaban J connectivity index is 1.25. The topological polar surface area (TPSA) is 144 Å². The maximum Gasteiger partial charge on any atom is 0.321 e. The minimum absolute atomic E-state index is 0.0532. The predicted octanol–water partition coefficient (Wildman–Crippen LogP) is 13.5. The molecule has 0 fully saturated rings. The molecule has 2 N–H and O–H groups in total. The molecule has 0 radical (unpaired) electrons. The molecule has 8 bridgehead atoms. The normalized spacial score (nSPS) is 20.4. The van der Waals surface area contributed by atoms with E-state index in [1.54, 1.807) is 6.92 Å². The van der Waals surface area contributed by atoms with Gasteiger partial charge >= 0.3 is 11.9 Å². The van der Waals surface area contributed by atoms with Crippen molar-refractivity contribution in [3.05, 3.63) is 80.4 Å². The largest absolute Gasteiger partial charge is 0.468 e. The number of ether oxygens (including phenoxy) is 2. The van der Waals surface area contributed by atoms with Crippen molar-refractivity contribution in [1.29, 1.82) is 0 Å². The number of allylic oxidation sites excluding steroid dienone is 1. The van der Waals surface area contributed by atoms with E-state index in [1.807, 2.05) is 38.1 Å². The SMILES string of the molecule is CC[C@H]1c2cc3[nH]c4c(c3C)C(=O)[C@@H](C(=O)OC)c4c3nc(cc4[nH]c(cc(n2)[C@@H]1C)c(C(C)=O)c4C)[C@@H](C)[C@@H]3CCC(=O)OC/C=C(\C)CCCC(C)CCCC(C)CCCC(C)C. The minimum Gasteiger partial charge on any atom is -0.468 e. The van der Waals surface area contributed by atoms with Crippen LogP contribution in [-0.2, 0) is 19.1 Å². The van der Waals surface area contributed by atoms with Crippen LogP contribution in [-0.4, -0.2) is 57.2 Å². The third kappa shape index (κ3) is 11.1. The molecule has 1 aliphatic carbocycles. The standard InChI is InChI=1S/C55H76N4O6/c1-13-39-34(7)41-29-46-48(38(11)60)36(9)43(57-46)27-42-35(8)40(52(58-42)50-51(55(63)64-12)54(62)49-37(10)44(59-53(49)50)28-45(39)56-41)23-24-47(61)65-26-25-33(6)22-16-21-32(5)20-15-19-31(4)18-14-17-30(2)3/h25,27-32,34-35,39-40,51,57,59H,13-24,26H2,1-12H3/b33-25+,41-29?,42-27?,43-27?,44-28?,45-28?,46-29?,52-50?/t31?,32?,34-,35+,39-,40+,51+/m1/s1. The van der Waals surface area contributed by atoms with Gasteiger partial charge in [0.2, 0.25) is 0 Å². The predicted molar refractivity (Wildman–Crippen MR) is 261 cm³/mol. The summed E-state index contributed by atoms with van der Waals surface area (Å²) in [6, 6.07) is 5.99. The Kier molecular flexibility index (Phi) is 16.5. The fourth-order valence-corrected chi connectivity index (χ4v) is 10.8. The molecule has 7 atom stereocenters. The summed E-state index contributed by atoms with van der Waals surface area (Å²) >= 11 is 0. The van der Waals surface area contributed by atoms with Crippen molar-refractivity contribution in [2.45, 2.75) is 183 Å². The van der Waals surface area contributed by atoms with Crippen LogP contribution in [0.2, 0.25) is 0 Å². The van der Waals surface area contributed by atoms with Gasteiger partial charge < -0.3 is 19.4 Å². The van der Waals surface area contributed by atoms with Crippen LogP contribution in [0, 0.1) is 31.6 Å². The fourth-order valence-electron chi connectivity index (χ4n) is 10.8. The number of aromatic amines is 2. The number of hydrogen-bond donors (Lipinski definition) is 2. The number of fused-ring (bicyclic) bond motifs is 8. The first-order valence-corrected chi connectivity index (χ1v) is 24.7. The molecule has 2 aliphatic heterocycles. The second-order valence-corrected chi connectivity index (χ2v) is 20.3. The number of aryl methyl sites for hydroxylation is 2. The van der Waals surface area contributed by atoms with Crippen LogP contribution in [0.25, 0.3) is 22.1 Å². The van der Waals surface area contributed by atoms with Crippen molar-refractivity contribution in [3.63, 3.8) is 0 Å². The van der Waals surface area contributed by atoms with Crippen molar-refractivity contribution in [2.24, 2.45) is 17.8 Å². The molecule has 0 aromatic carbocycles. The Morgan fingerprint density at radius 1 is 0.769 bits per heavy atom. The number of rotatable bonds is 20. The molecule has 10 nitrogen and oxygen atoms in total. The van der Waals surface area contributed by atoms with Gasteiger partial charge in [0.05, 0.1) is 23.8 Å². The van der Waals surface area contributed by atoms with Crippen LogP contribution < -0.4 is 0 Å². The third-order valence-electron chi connectivity index (χ3n) is 14.9. The Labute approximate surface area is 387 Å². The summed E-state index contributed by atoms with van der Waals surface area (Å²) in [5.74, 6) is -0.573. The van der Waals surface area contributed by atoms with Crippen molar-refractivity contribution in [2.75, 3.05) is 13.7 Å². The average Bonchev–Trinajstić information content (AvgIpc) is 4.00. The number of methoxy groups -OCH3 is 1. The lowest BCUT2D eigenvalue weighted by atomic mass is 9.84. The molecular weight excluding hydrogens is 813 g/mol. The average molecular weight is 889 g/mol. The molecule has 0 saturated carbocycles. The van der Waals surface area contributed by atoms with E-state index in [0.29, 0.717) is 45.8 Å². The number of ketones is 2. The molecule has 3 aromatic heterocycles. The number of esters is 2. The van der Waals surface area contributed by atoms with Crippen molar-refractivity contribution < 1.29 is 28.7 Å². The van der Waals surface area contributed by atoms with Gasteiger partial charge in [0.1, 0.15) is 12.5 Å². The second kappa shape index (κ2) is 21.6. The monoisotopic (exact) mass is 889 g/mol. The highest BCUT2D eigenvalue weighted by atomic mass is 16.5. The number of carbonyl (C=O) groups is 4. The van der Waals surface area contributed by atoms with Crippen LogP contribution in [0.4, 0.5) is 0 Å². The molecule has 0 spiro atoms. The maximum absolute atomic E-state index is 14.4. The molecule has 5 heterocycles. The zero-order chi connectivity index (χ0) is 47.3. The second-order valence-electron chi connectivity index (χ2n) is 20.3.